The van der Waals surface area contributed by atoms with E-state index in [9.17, 15) is 9.18 Å². The van der Waals surface area contributed by atoms with E-state index in [0.717, 1.165) is 11.3 Å². The van der Waals surface area contributed by atoms with E-state index in [-0.39, 0.29) is 11.7 Å². The van der Waals surface area contributed by atoms with E-state index >= 15 is 0 Å². The molecule has 0 atom stereocenters. The Balaban J connectivity index is 1.64. The molecule has 2 rings (SSSR count). The molecule has 2 aromatic rings. The van der Waals surface area contributed by atoms with Crippen LogP contribution in [0.1, 0.15) is 11.1 Å². The molecule has 0 bridgehead atoms. The molecule has 0 unspecified atom stereocenters. The molecule has 0 fully saturated rings. The first kappa shape index (κ1) is 16.8. The number of thioether (sulfide) groups is 1. The van der Waals surface area contributed by atoms with E-state index in [1.165, 1.54) is 6.07 Å². The van der Waals surface area contributed by atoms with Crippen LogP contribution in [-0.4, -0.2) is 18.2 Å². The minimum atomic E-state index is -0.181. The standard InChI is InChI=1S/C17H17ClFNOS/c18-15-6-3-4-13(10-15)11-17(21)20-8-9-22-12-14-5-1-2-7-16(14)19/h1-7,10H,8-9,11-12H2,(H,20,21). The molecule has 0 saturated heterocycles. The van der Waals surface area contributed by atoms with Crippen molar-refractivity contribution in [1.82, 2.24) is 5.32 Å². The summed E-state index contributed by atoms with van der Waals surface area (Å²) in [6.07, 6.45) is 0.318. The van der Waals surface area contributed by atoms with E-state index in [0.29, 0.717) is 29.3 Å². The highest BCUT2D eigenvalue weighted by atomic mass is 35.5. The van der Waals surface area contributed by atoms with Gasteiger partial charge in [0.1, 0.15) is 5.82 Å². The molecule has 2 nitrogen and oxygen atoms in total. The topological polar surface area (TPSA) is 29.1 Å². The fourth-order valence-corrected chi connectivity index (χ4v) is 3.01. The van der Waals surface area contributed by atoms with Crippen LogP contribution in [0.25, 0.3) is 0 Å². The van der Waals surface area contributed by atoms with Crippen molar-refractivity contribution in [2.45, 2.75) is 12.2 Å². The van der Waals surface area contributed by atoms with Crippen LogP contribution in [0.15, 0.2) is 48.5 Å². The third kappa shape index (κ3) is 5.70. The fraction of sp³-hybridized carbons (Fsp3) is 0.235. The second-order valence-electron chi connectivity index (χ2n) is 4.80. The molecule has 0 aromatic heterocycles. The smallest absolute Gasteiger partial charge is 0.224 e. The SMILES string of the molecule is O=C(Cc1cccc(Cl)c1)NCCSCc1ccccc1F. The lowest BCUT2D eigenvalue weighted by molar-refractivity contribution is -0.120. The molecule has 116 valence electrons. The number of carbonyl (C=O) groups is 1. The fourth-order valence-electron chi connectivity index (χ4n) is 1.96. The molecule has 2 aromatic carbocycles. The molecule has 0 aliphatic carbocycles. The third-order valence-electron chi connectivity index (χ3n) is 3.04. The van der Waals surface area contributed by atoms with Gasteiger partial charge in [0.2, 0.25) is 5.91 Å². The van der Waals surface area contributed by atoms with Gasteiger partial charge in [0, 0.05) is 23.1 Å². The molecular weight excluding hydrogens is 321 g/mol. The van der Waals surface area contributed by atoms with Gasteiger partial charge in [0.05, 0.1) is 6.42 Å². The van der Waals surface area contributed by atoms with E-state index in [1.807, 2.05) is 18.2 Å². The maximum atomic E-state index is 13.4. The van der Waals surface area contributed by atoms with Gasteiger partial charge < -0.3 is 5.32 Å². The summed E-state index contributed by atoms with van der Waals surface area (Å²) >= 11 is 7.47. The predicted molar refractivity (Wildman–Crippen MR) is 90.7 cm³/mol. The van der Waals surface area contributed by atoms with E-state index in [2.05, 4.69) is 5.32 Å². The van der Waals surface area contributed by atoms with Crippen molar-refractivity contribution in [1.29, 1.82) is 0 Å². The van der Waals surface area contributed by atoms with Crippen LogP contribution in [0.2, 0.25) is 5.02 Å². The van der Waals surface area contributed by atoms with Crippen molar-refractivity contribution in [2.75, 3.05) is 12.3 Å². The summed E-state index contributed by atoms with van der Waals surface area (Å²) < 4.78 is 13.4. The second-order valence-corrected chi connectivity index (χ2v) is 6.34. The monoisotopic (exact) mass is 337 g/mol. The Kier molecular flexibility index (Phi) is 6.74. The zero-order valence-electron chi connectivity index (χ0n) is 12.0. The maximum Gasteiger partial charge on any atom is 0.224 e. The molecule has 0 aliphatic heterocycles. The van der Waals surface area contributed by atoms with Gasteiger partial charge in [-0.2, -0.15) is 11.8 Å². The van der Waals surface area contributed by atoms with E-state index in [4.69, 9.17) is 11.6 Å². The Morgan fingerprint density at radius 3 is 2.77 bits per heavy atom. The summed E-state index contributed by atoms with van der Waals surface area (Å²) in [5, 5.41) is 3.49. The first-order valence-corrected chi connectivity index (χ1v) is 8.51. The maximum absolute atomic E-state index is 13.4. The molecule has 0 spiro atoms. The minimum absolute atomic E-state index is 0.0336. The van der Waals surface area contributed by atoms with E-state index < -0.39 is 0 Å². The van der Waals surface area contributed by atoms with Gasteiger partial charge in [0.25, 0.3) is 0 Å². The zero-order valence-corrected chi connectivity index (χ0v) is 13.6. The predicted octanol–water partition coefficient (Wildman–Crippen LogP) is 4.07. The second kappa shape index (κ2) is 8.81. The molecule has 1 N–H and O–H groups in total. The summed E-state index contributed by atoms with van der Waals surface area (Å²) in [7, 11) is 0. The van der Waals surface area contributed by atoms with Crippen LogP contribution < -0.4 is 5.32 Å². The molecular formula is C17H17ClFNOS. The van der Waals surface area contributed by atoms with Crippen LogP contribution in [0.5, 0.6) is 0 Å². The Bertz CT molecular complexity index is 636. The summed E-state index contributed by atoms with van der Waals surface area (Å²) in [6, 6.07) is 14.0. The van der Waals surface area contributed by atoms with Gasteiger partial charge in [-0.3, -0.25) is 4.79 Å². The summed E-state index contributed by atoms with van der Waals surface area (Å²) in [5.41, 5.74) is 1.58. The van der Waals surface area contributed by atoms with Crippen molar-refractivity contribution in [2.24, 2.45) is 0 Å². The first-order chi connectivity index (χ1) is 10.6. The highest BCUT2D eigenvalue weighted by molar-refractivity contribution is 7.98. The van der Waals surface area contributed by atoms with Crippen LogP contribution in [0.3, 0.4) is 0 Å². The molecule has 5 heteroatoms. The quantitative estimate of drug-likeness (QED) is 0.772. The molecule has 0 heterocycles. The Hall–Kier alpha value is -1.52. The van der Waals surface area contributed by atoms with Gasteiger partial charge in [-0.15, -0.1) is 0 Å². The van der Waals surface area contributed by atoms with E-state index in [1.54, 1.807) is 36.0 Å². The van der Waals surface area contributed by atoms with Crippen molar-refractivity contribution < 1.29 is 9.18 Å². The Morgan fingerprint density at radius 1 is 1.18 bits per heavy atom. The van der Waals surface area contributed by atoms with Gasteiger partial charge in [-0.25, -0.2) is 4.39 Å². The Morgan fingerprint density at radius 2 is 2.00 bits per heavy atom. The normalized spacial score (nSPS) is 10.5. The zero-order chi connectivity index (χ0) is 15.8. The van der Waals surface area contributed by atoms with Crippen LogP contribution in [-0.2, 0) is 17.0 Å². The Labute approximate surface area is 139 Å². The number of rotatable bonds is 7. The summed E-state index contributed by atoms with van der Waals surface area (Å²) in [4.78, 5) is 11.8. The number of hydrogen-bond donors (Lipinski definition) is 1. The van der Waals surface area contributed by atoms with Crippen molar-refractivity contribution in [3.05, 3.63) is 70.5 Å². The largest absolute Gasteiger partial charge is 0.355 e. The average molecular weight is 338 g/mol. The number of hydrogen-bond acceptors (Lipinski definition) is 2. The molecule has 0 radical (unpaired) electrons. The summed E-state index contributed by atoms with van der Waals surface area (Å²) in [6.45, 7) is 0.568. The van der Waals surface area contributed by atoms with Crippen LogP contribution >= 0.6 is 23.4 Å². The van der Waals surface area contributed by atoms with Gasteiger partial charge in [0.15, 0.2) is 0 Å². The van der Waals surface area contributed by atoms with Crippen molar-refractivity contribution >= 4 is 29.3 Å². The minimum Gasteiger partial charge on any atom is -0.355 e. The lowest BCUT2D eigenvalue weighted by Crippen LogP contribution is -2.27. The number of halogens is 2. The molecule has 22 heavy (non-hydrogen) atoms. The van der Waals surface area contributed by atoms with Crippen molar-refractivity contribution in [3.8, 4) is 0 Å². The highest BCUT2D eigenvalue weighted by Crippen LogP contribution is 2.15. The third-order valence-corrected chi connectivity index (χ3v) is 4.28. The summed E-state index contributed by atoms with van der Waals surface area (Å²) in [5.74, 6) is 1.14. The van der Waals surface area contributed by atoms with Crippen molar-refractivity contribution in [3.63, 3.8) is 0 Å². The lowest BCUT2D eigenvalue weighted by atomic mass is 10.1. The number of benzene rings is 2. The van der Waals surface area contributed by atoms with Gasteiger partial charge >= 0.3 is 0 Å². The number of carbonyl (C=O) groups excluding carboxylic acids is 1. The van der Waals surface area contributed by atoms with Gasteiger partial charge in [-0.1, -0.05) is 41.9 Å². The highest BCUT2D eigenvalue weighted by Gasteiger charge is 2.04. The molecule has 1 amide bonds. The van der Waals surface area contributed by atoms with Gasteiger partial charge in [-0.05, 0) is 29.3 Å². The number of amides is 1. The van der Waals surface area contributed by atoms with Crippen LogP contribution in [0, 0.1) is 5.82 Å². The molecule has 0 saturated carbocycles. The lowest BCUT2D eigenvalue weighted by Gasteiger charge is -2.06. The number of nitrogens with one attached hydrogen (secondary N) is 1. The average Bonchev–Trinajstić information content (AvgIpc) is 2.48. The molecule has 0 aliphatic rings. The first-order valence-electron chi connectivity index (χ1n) is 6.97. The van der Waals surface area contributed by atoms with Crippen LogP contribution in [0.4, 0.5) is 4.39 Å².